The van der Waals surface area contributed by atoms with E-state index in [2.05, 4.69) is 0 Å². The highest BCUT2D eigenvalue weighted by Gasteiger charge is 2.22. The van der Waals surface area contributed by atoms with Crippen LogP contribution in [0.2, 0.25) is 0 Å². The van der Waals surface area contributed by atoms with Crippen LogP contribution < -0.4 is 0 Å². The zero-order valence-corrected chi connectivity index (χ0v) is 12.7. The van der Waals surface area contributed by atoms with E-state index < -0.39 is 10.8 Å². The number of Topliss-reactive ketones (excluding diaryl/α,β-unsaturated/α-hetero) is 1. The van der Waals surface area contributed by atoms with Crippen molar-refractivity contribution in [1.82, 2.24) is 4.90 Å². The lowest BCUT2D eigenvalue weighted by Crippen LogP contribution is -2.40. The van der Waals surface area contributed by atoms with Crippen molar-refractivity contribution in [2.45, 2.75) is 31.6 Å². The standard InChI is InChI=1S/C15H19NO3S/c1-11-3-4-12(2)14(9-11)20(19)10-15(18)16-7-5-13(17)6-8-16/h3-4,9H,5-8,10H2,1-2H3. The lowest BCUT2D eigenvalue weighted by atomic mass is 10.1. The summed E-state index contributed by atoms with van der Waals surface area (Å²) >= 11 is 0. The van der Waals surface area contributed by atoms with Crippen molar-refractivity contribution < 1.29 is 13.8 Å². The fraction of sp³-hybridized carbons (Fsp3) is 0.467. The molecule has 5 heteroatoms. The Morgan fingerprint density at radius 2 is 1.90 bits per heavy atom. The summed E-state index contributed by atoms with van der Waals surface area (Å²) in [6.45, 7) is 4.76. The molecule has 108 valence electrons. The van der Waals surface area contributed by atoms with Crippen molar-refractivity contribution in [3.8, 4) is 0 Å². The summed E-state index contributed by atoms with van der Waals surface area (Å²) in [5.41, 5.74) is 1.98. The highest BCUT2D eigenvalue weighted by Crippen LogP contribution is 2.16. The van der Waals surface area contributed by atoms with Crippen LogP contribution in [0.25, 0.3) is 0 Å². The molecule has 4 nitrogen and oxygen atoms in total. The zero-order chi connectivity index (χ0) is 14.7. The molecule has 0 bridgehead atoms. The molecule has 1 amide bonds. The molecule has 2 rings (SSSR count). The summed E-state index contributed by atoms with van der Waals surface area (Å²) in [6, 6.07) is 5.76. The molecular formula is C15H19NO3S. The van der Waals surface area contributed by atoms with Gasteiger partial charge in [0.05, 0.1) is 10.8 Å². The van der Waals surface area contributed by atoms with Gasteiger partial charge in [0.25, 0.3) is 0 Å². The maximum atomic E-state index is 12.3. The highest BCUT2D eigenvalue weighted by molar-refractivity contribution is 7.85. The Kier molecular flexibility index (Phi) is 4.70. The van der Waals surface area contributed by atoms with Crippen molar-refractivity contribution >= 4 is 22.5 Å². The van der Waals surface area contributed by atoms with Crippen LogP contribution in [0, 0.1) is 13.8 Å². The summed E-state index contributed by atoms with van der Waals surface area (Å²) in [4.78, 5) is 25.6. The van der Waals surface area contributed by atoms with Crippen molar-refractivity contribution in [2.24, 2.45) is 0 Å². The molecule has 1 aliphatic rings. The van der Waals surface area contributed by atoms with Gasteiger partial charge in [-0.15, -0.1) is 0 Å². The fourth-order valence-electron chi connectivity index (χ4n) is 2.24. The van der Waals surface area contributed by atoms with Crippen LogP contribution in [-0.4, -0.2) is 39.6 Å². The number of likely N-dealkylation sites (tertiary alicyclic amines) is 1. The van der Waals surface area contributed by atoms with E-state index in [1.54, 1.807) is 4.90 Å². The van der Waals surface area contributed by atoms with E-state index in [9.17, 15) is 13.8 Å². The second kappa shape index (κ2) is 6.31. The smallest absolute Gasteiger partial charge is 0.235 e. The molecule has 20 heavy (non-hydrogen) atoms. The van der Waals surface area contributed by atoms with Crippen molar-refractivity contribution in [1.29, 1.82) is 0 Å². The Morgan fingerprint density at radius 1 is 1.25 bits per heavy atom. The van der Waals surface area contributed by atoms with Crippen LogP contribution in [0.15, 0.2) is 23.1 Å². The number of hydrogen-bond donors (Lipinski definition) is 0. The molecule has 1 heterocycles. The third kappa shape index (κ3) is 3.54. The number of amides is 1. The first kappa shape index (κ1) is 14.9. The Balaban J connectivity index is 2.02. The molecule has 0 aliphatic carbocycles. The summed E-state index contributed by atoms with van der Waals surface area (Å²) in [5, 5.41) is 0. The quantitative estimate of drug-likeness (QED) is 0.850. The van der Waals surface area contributed by atoms with Crippen molar-refractivity contribution in [3.05, 3.63) is 29.3 Å². The van der Waals surface area contributed by atoms with Crippen LogP contribution in [0.1, 0.15) is 24.0 Å². The molecule has 1 fully saturated rings. The Bertz CT molecular complexity index is 558. The van der Waals surface area contributed by atoms with Crippen LogP contribution >= 0.6 is 0 Å². The number of aryl methyl sites for hydroxylation is 2. The average Bonchev–Trinajstić information content (AvgIpc) is 2.42. The number of carbonyl (C=O) groups excluding carboxylic acids is 2. The third-order valence-corrected chi connectivity index (χ3v) is 4.96. The number of ketones is 1. The minimum atomic E-state index is -1.32. The SMILES string of the molecule is Cc1ccc(C)c(S(=O)CC(=O)N2CCC(=O)CC2)c1. The molecule has 0 N–H and O–H groups in total. The summed E-state index contributed by atoms with van der Waals surface area (Å²) < 4.78 is 12.3. The Morgan fingerprint density at radius 3 is 2.55 bits per heavy atom. The molecule has 0 spiro atoms. The lowest BCUT2D eigenvalue weighted by molar-refractivity contribution is -0.132. The molecule has 1 aromatic carbocycles. The second-order valence-electron chi connectivity index (χ2n) is 5.18. The monoisotopic (exact) mass is 293 g/mol. The third-order valence-electron chi connectivity index (χ3n) is 3.52. The van der Waals surface area contributed by atoms with E-state index >= 15 is 0 Å². The number of benzene rings is 1. The van der Waals surface area contributed by atoms with E-state index in [0.29, 0.717) is 25.9 Å². The average molecular weight is 293 g/mol. The van der Waals surface area contributed by atoms with Gasteiger partial charge in [-0.1, -0.05) is 12.1 Å². The minimum Gasteiger partial charge on any atom is -0.341 e. The highest BCUT2D eigenvalue weighted by atomic mass is 32.2. The van der Waals surface area contributed by atoms with Crippen LogP contribution in [-0.2, 0) is 20.4 Å². The predicted octanol–water partition coefficient (Wildman–Crippen LogP) is 1.60. The summed E-state index contributed by atoms with van der Waals surface area (Å²) in [7, 11) is -1.32. The van der Waals surface area contributed by atoms with Gasteiger partial charge in [0.1, 0.15) is 11.5 Å². The first-order valence-corrected chi connectivity index (χ1v) is 8.04. The van der Waals surface area contributed by atoms with Gasteiger partial charge in [-0.25, -0.2) is 0 Å². The molecule has 1 aliphatic heterocycles. The number of rotatable bonds is 3. The van der Waals surface area contributed by atoms with Gasteiger partial charge in [0, 0.05) is 30.8 Å². The Hall–Kier alpha value is -1.49. The van der Waals surface area contributed by atoms with Gasteiger partial charge in [-0.3, -0.25) is 13.8 Å². The molecule has 0 aromatic heterocycles. The van der Waals surface area contributed by atoms with E-state index in [-0.39, 0.29) is 17.4 Å². The van der Waals surface area contributed by atoms with Gasteiger partial charge >= 0.3 is 0 Å². The molecule has 1 saturated heterocycles. The number of piperidine rings is 1. The minimum absolute atomic E-state index is 0.00150. The lowest BCUT2D eigenvalue weighted by Gasteiger charge is -2.25. The molecule has 0 saturated carbocycles. The largest absolute Gasteiger partial charge is 0.341 e. The van der Waals surface area contributed by atoms with E-state index in [1.807, 2.05) is 32.0 Å². The molecule has 1 atom stereocenters. The van der Waals surface area contributed by atoms with E-state index in [0.717, 1.165) is 16.0 Å². The van der Waals surface area contributed by atoms with Gasteiger partial charge in [-0.2, -0.15) is 0 Å². The number of hydrogen-bond acceptors (Lipinski definition) is 3. The van der Waals surface area contributed by atoms with Gasteiger partial charge < -0.3 is 4.90 Å². The van der Waals surface area contributed by atoms with E-state index in [4.69, 9.17) is 0 Å². The normalized spacial score (nSPS) is 17.1. The first-order chi connectivity index (χ1) is 9.47. The first-order valence-electron chi connectivity index (χ1n) is 6.72. The molecule has 1 unspecified atom stereocenters. The predicted molar refractivity (Wildman–Crippen MR) is 78.0 cm³/mol. The molecule has 1 aromatic rings. The molecular weight excluding hydrogens is 274 g/mol. The maximum Gasteiger partial charge on any atom is 0.235 e. The van der Waals surface area contributed by atoms with Crippen LogP contribution in [0.4, 0.5) is 0 Å². The summed E-state index contributed by atoms with van der Waals surface area (Å²) in [5.74, 6) is 0.0693. The molecule has 0 radical (unpaired) electrons. The van der Waals surface area contributed by atoms with E-state index in [1.165, 1.54) is 0 Å². The zero-order valence-electron chi connectivity index (χ0n) is 11.8. The van der Waals surface area contributed by atoms with Gasteiger partial charge in [-0.05, 0) is 31.0 Å². The number of carbonyl (C=O) groups is 2. The maximum absolute atomic E-state index is 12.3. The van der Waals surface area contributed by atoms with Crippen LogP contribution in [0.3, 0.4) is 0 Å². The Labute approximate surface area is 121 Å². The van der Waals surface area contributed by atoms with Crippen molar-refractivity contribution in [3.63, 3.8) is 0 Å². The second-order valence-corrected chi connectivity index (χ2v) is 6.60. The summed E-state index contributed by atoms with van der Waals surface area (Å²) in [6.07, 6.45) is 0.837. The topological polar surface area (TPSA) is 54.5 Å². The van der Waals surface area contributed by atoms with Crippen molar-refractivity contribution in [2.75, 3.05) is 18.8 Å². The number of nitrogens with zero attached hydrogens (tertiary/aromatic N) is 1. The van der Waals surface area contributed by atoms with Gasteiger partial charge in [0.2, 0.25) is 5.91 Å². The van der Waals surface area contributed by atoms with Crippen LogP contribution in [0.5, 0.6) is 0 Å². The van der Waals surface area contributed by atoms with Gasteiger partial charge in [0.15, 0.2) is 0 Å². The fourth-order valence-corrected chi connectivity index (χ4v) is 3.55.